The van der Waals surface area contributed by atoms with Crippen LogP contribution in [0.3, 0.4) is 0 Å². The van der Waals surface area contributed by atoms with E-state index in [1.807, 2.05) is 4.98 Å². The molecule has 1 N–H and O–H groups in total. The van der Waals surface area contributed by atoms with Crippen LogP contribution in [0.5, 0.6) is 5.88 Å². The second-order valence-electron chi connectivity index (χ2n) is 2.33. The average Bonchev–Trinajstić information content (AvgIpc) is 2.10. The quantitative estimate of drug-likeness (QED) is 0.856. The van der Waals surface area contributed by atoms with E-state index in [1.54, 1.807) is 0 Å². The molecule has 0 fully saturated rings. The van der Waals surface area contributed by atoms with Crippen molar-refractivity contribution in [3.8, 4) is 11.9 Å². The molecule has 80 valence electrons. The Morgan fingerprint density at radius 1 is 1.53 bits per heavy atom. The topological polar surface area (TPSA) is 65.9 Å². The fourth-order valence-electron chi connectivity index (χ4n) is 0.787. The lowest BCUT2D eigenvalue weighted by Crippen LogP contribution is -2.21. The zero-order valence-corrected chi connectivity index (χ0v) is 8.44. The van der Waals surface area contributed by atoms with Crippen molar-refractivity contribution in [1.82, 2.24) is 4.98 Å². The second kappa shape index (κ2) is 3.94. The van der Waals surface area contributed by atoms with E-state index in [-0.39, 0.29) is 4.47 Å². The Hall–Kier alpha value is -1.49. The number of halogens is 4. The first-order valence-electron chi connectivity index (χ1n) is 3.42. The summed E-state index contributed by atoms with van der Waals surface area (Å²) in [5.41, 5.74) is -1.60. The van der Waals surface area contributed by atoms with Gasteiger partial charge in [-0.25, -0.2) is 0 Å². The van der Waals surface area contributed by atoms with E-state index in [0.717, 1.165) is 6.20 Å². The molecule has 0 aliphatic carbocycles. The molecule has 0 bridgehead atoms. The highest BCUT2D eigenvalue weighted by molar-refractivity contribution is 9.10. The fourth-order valence-corrected chi connectivity index (χ4v) is 1.10. The smallest absolute Gasteiger partial charge is 0.388 e. The largest absolute Gasteiger partial charge is 0.574 e. The van der Waals surface area contributed by atoms with Crippen molar-refractivity contribution in [2.24, 2.45) is 0 Å². The van der Waals surface area contributed by atoms with Crippen LogP contribution in [0.1, 0.15) is 5.56 Å². The number of alkyl halides is 3. The summed E-state index contributed by atoms with van der Waals surface area (Å²) in [6.45, 7) is 0. The van der Waals surface area contributed by atoms with Crippen LogP contribution in [0.15, 0.2) is 15.5 Å². The van der Waals surface area contributed by atoms with E-state index in [4.69, 9.17) is 5.26 Å². The summed E-state index contributed by atoms with van der Waals surface area (Å²) in [4.78, 5) is 13.2. The minimum absolute atomic E-state index is 0.0476. The Morgan fingerprint density at radius 2 is 2.13 bits per heavy atom. The van der Waals surface area contributed by atoms with E-state index >= 15 is 0 Å². The van der Waals surface area contributed by atoms with Crippen LogP contribution in [0.25, 0.3) is 0 Å². The summed E-state index contributed by atoms with van der Waals surface area (Å²) in [5, 5.41) is 8.48. The molecule has 0 aliphatic rings. The van der Waals surface area contributed by atoms with Crippen molar-refractivity contribution in [3.05, 3.63) is 26.5 Å². The third-order valence-electron chi connectivity index (χ3n) is 1.33. The van der Waals surface area contributed by atoms with Gasteiger partial charge in [0.05, 0.1) is 4.47 Å². The number of hydrogen-bond acceptors (Lipinski definition) is 3. The molecule has 1 aromatic heterocycles. The van der Waals surface area contributed by atoms with Crippen LogP contribution >= 0.6 is 15.9 Å². The third-order valence-corrected chi connectivity index (χ3v) is 1.92. The maximum atomic E-state index is 11.8. The molecule has 0 atom stereocenters. The molecule has 8 heteroatoms. The summed E-state index contributed by atoms with van der Waals surface area (Å²) >= 11 is 2.77. The normalized spacial score (nSPS) is 10.9. The number of aromatic amines is 1. The zero-order chi connectivity index (χ0) is 11.6. The first-order valence-corrected chi connectivity index (χ1v) is 4.21. The molecule has 0 spiro atoms. The lowest BCUT2D eigenvalue weighted by molar-refractivity contribution is -0.276. The molecule has 0 saturated carbocycles. The highest BCUT2D eigenvalue weighted by Crippen LogP contribution is 2.22. The first-order chi connectivity index (χ1) is 6.85. The van der Waals surface area contributed by atoms with Crippen molar-refractivity contribution in [2.75, 3.05) is 0 Å². The van der Waals surface area contributed by atoms with E-state index in [2.05, 4.69) is 20.7 Å². The maximum absolute atomic E-state index is 11.8. The molecule has 4 nitrogen and oxygen atoms in total. The molecule has 0 aliphatic heterocycles. The number of rotatable bonds is 1. The number of pyridine rings is 1. The van der Waals surface area contributed by atoms with Gasteiger partial charge in [-0.15, -0.1) is 13.2 Å². The van der Waals surface area contributed by atoms with Gasteiger partial charge in [0.25, 0.3) is 0 Å². The SMILES string of the molecule is N#Cc1c(OC(F)(F)F)[nH]cc(Br)c1=O. The van der Waals surface area contributed by atoms with Crippen molar-refractivity contribution in [3.63, 3.8) is 0 Å². The number of nitrogens with one attached hydrogen (secondary N) is 1. The Bertz CT molecular complexity index is 475. The molecule has 1 heterocycles. The highest BCUT2D eigenvalue weighted by Gasteiger charge is 2.33. The van der Waals surface area contributed by atoms with Crippen molar-refractivity contribution in [1.29, 1.82) is 5.26 Å². The summed E-state index contributed by atoms with van der Waals surface area (Å²) < 4.78 is 38.9. The Kier molecular flexibility index (Phi) is 3.04. The van der Waals surface area contributed by atoms with Gasteiger partial charge in [-0.05, 0) is 15.9 Å². The van der Waals surface area contributed by atoms with Gasteiger partial charge in [0, 0.05) is 6.20 Å². The number of aromatic nitrogens is 1. The summed E-state index contributed by atoms with van der Waals surface area (Å²) in [5.74, 6) is -0.918. The predicted molar refractivity (Wildman–Crippen MR) is 46.2 cm³/mol. The van der Waals surface area contributed by atoms with Gasteiger partial charge in [0.15, 0.2) is 5.56 Å². The molecule has 0 unspecified atom stereocenters. The molecule has 1 rings (SSSR count). The predicted octanol–water partition coefficient (Wildman–Crippen LogP) is 1.91. The number of hydrogen-bond donors (Lipinski definition) is 1. The monoisotopic (exact) mass is 282 g/mol. The number of H-pyrrole nitrogens is 1. The maximum Gasteiger partial charge on any atom is 0.574 e. The summed E-state index contributed by atoms with van der Waals surface area (Å²) in [7, 11) is 0. The van der Waals surface area contributed by atoms with Gasteiger partial charge in [0.1, 0.15) is 6.07 Å². The minimum atomic E-state index is -4.96. The third kappa shape index (κ3) is 2.73. The second-order valence-corrected chi connectivity index (χ2v) is 3.18. The summed E-state index contributed by atoms with van der Waals surface area (Å²) in [6.07, 6.45) is -3.99. The number of ether oxygens (including phenoxy) is 1. The van der Waals surface area contributed by atoms with Gasteiger partial charge in [-0.3, -0.25) is 4.79 Å². The molecular weight excluding hydrogens is 281 g/mol. The average molecular weight is 283 g/mol. The van der Waals surface area contributed by atoms with Gasteiger partial charge in [-0.1, -0.05) is 0 Å². The minimum Gasteiger partial charge on any atom is -0.388 e. The van der Waals surface area contributed by atoms with Gasteiger partial charge >= 0.3 is 6.36 Å². The van der Waals surface area contributed by atoms with Crippen LogP contribution in [0.4, 0.5) is 13.2 Å². The van der Waals surface area contributed by atoms with E-state index in [1.165, 1.54) is 6.07 Å². The van der Waals surface area contributed by atoms with E-state index in [0.29, 0.717) is 0 Å². The van der Waals surface area contributed by atoms with Crippen LogP contribution in [0, 0.1) is 11.3 Å². The van der Waals surface area contributed by atoms with Crippen LogP contribution in [-0.2, 0) is 0 Å². The van der Waals surface area contributed by atoms with Gasteiger partial charge in [-0.2, -0.15) is 5.26 Å². The Morgan fingerprint density at radius 3 is 2.60 bits per heavy atom. The number of nitriles is 1. The molecule has 0 saturated heterocycles. The van der Waals surface area contributed by atoms with E-state index in [9.17, 15) is 18.0 Å². The van der Waals surface area contributed by atoms with Crippen molar-refractivity contribution in [2.45, 2.75) is 6.36 Å². The molecule has 0 radical (unpaired) electrons. The molecule has 0 amide bonds. The number of nitrogens with zero attached hydrogens (tertiary/aromatic N) is 1. The van der Waals surface area contributed by atoms with Gasteiger partial charge < -0.3 is 9.72 Å². The van der Waals surface area contributed by atoms with Crippen LogP contribution in [-0.4, -0.2) is 11.3 Å². The standard InChI is InChI=1S/C7H2BrF3N2O2/c8-4-2-13-6(15-7(9,10)11)3(1-12)5(4)14/h2H,(H,13,14). The zero-order valence-electron chi connectivity index (χ0n) is 6.85. The summed E-state index contributed by atoms with van der Waals surface area (Å²) in [6, 6.07) is 1.33. The van der Waals surface area contributed by atoms with Crippen LogP contribution in [0.2, 0.25) is 0 Å². The van der Waals surface area contributed by atoms with Crippen molar-refractivity contribution >= 4 is 15.9 Å². The highest BCUT2D eigenvalue weighted by atomic mass is 79.9. The first kappa shape index (κ1) is 11.6. The lowest BCUT2D eigenvalue weighted by atomic mass is 10.3. The Balaban J connectivity index is 3.28. The lowest BCUT2D eigenvalue weighted by Gasteiger charge is -2.09. The van der Waals surface area contributed by atoms with Gasteiger partial charge in [0.2, 0.25) is 11.3 Å². The fraction of sp³-hybridized carbons (Fsp3) is 0.143. The molecule has 1 aromatic rings. The molecule has 0 aromatic carbocycles. The van der Waals surface area contributed by atoms with Crippen LogP contribution < -0.4 is 10.2 Å². The van der Waals surface area contributed by atoms with Crippen molar-refractivity contribution < 1.29 is 17.9 Å². The molecular formula is C7H2BrF3N2O2. The molecule has 15 heavy (non-hydrogen) atoms. The Labute approximate surface area is 89.4 Å². The van der Waals surface area contributed by atoms with E-state index < -0.39 is 23.2 Å².